The molecule has 0 aliphatic rings. The van der Waals surface area contributed by atoms with Crippen molar-refractivity contribution in [3.63, 3.8) is 0 Å². The molecule has 0 radical (unpaired) electrons. The second-order valence-corrected chi connectivity index (χ2v) is 3.53. The summed E-state index contributed by atoms with van der Waals surface area (Å²) in [7, 11) is 0. The average Bonchev–Trinajstić information content (AvgIpc) is 2.82. The van der Waals surface area contributed by atoms with Crippen LogP contribution in [0.25, 0.3) is 10.9 Å². The van der Waals surface area contributed by atoms with Crippen molar-refractivity contribution in [1.29, 1.82) is 10.5 Å². The van der Waals surface area contributed by atoms with Gasteiger partial charge >= 0.3 is 0 Å². The molecule has 0 aliphatic heterocycles. The molecule has 18 heavy (non-hydrogen) atoms. The van der Waals surface area contributed by atoms with Crippen LogP contribution in [0.4, 0.5) is 0 Å². The van der Waals surface area contributed by atoms with E-state index in [9.17, 15) is 0 Å². The van der Waals surface area contributed by atoms with Crippen LogP contribution >= 0.6 is 0 Å². The van der Waals surface area contributed by atoms with Gasteiger partial charge in [-0.3, -0.25) is 0 Å². The van der Waals surface area contributed by atoms with Crippen LogP contribution in [0.3, 0.4) is 0 Å². The molecule has 2 rings (SSSR count). The maximum atomic E-state index is 8.81. The van der Waals surface area contributed by atoms with Gasteiger partial charge in [-0.05, 0) is 6.07 Å². The second kappa shape index (κ2) is 4.86. The number of aromatic nitrogens is 1. The minimum absolute atomic E-state index is 0.0808. The first-order valence-corrected chi connectivity index (χ1v) is 5.16. The highest BCUT2D eigenvalue weighted by atomic mass is 14.8. The van der Waals surface area contributed by atoms with Crippen molar-refractivity contribution < 1.29 is 0 Å². The Kier molecular flexibility index (Phi) is 3.08. The summed E-state index contributed by atoms with van der Waals surface area (Å²) in [4.78, 5) is 7.02. The van der Waals surface area contributed by atoms with E-state index < -0.39 is 0 Å². The lowest BCUT2D eigenvalue weighted by molar-refractivity contribution is 1.27. The maximum Gasteiger partial charge on any atom is 0.174 e. The number of allylic oxidation sites excluding steroid dienone is 2. The van der Waals surface area contributed by atoms with Gasteiger partial charge in [0, 0.05) is 28.9 Å². The van der Waals surface area contributed by atoms with E-state index in [1.54, 1.807) is 18.3 Å². The summed E-state index contributed by atoms with van der Waals surface area (Å²) < 4.78 is 0. The summed E-state index contributed by atoms with van der Waals surface area (Å²) in [5.41, 5.74) is 6.91. The fourth-order valence-electron chi connectivity index (χ4n) is 1.55. The molecule has 0 saturated heterocycles. The zero-order valence-corrected chi connectivity index (χ0v) is 9.38. The minimum atomic E-state index is -0.186. The van der Waals surface area contributed by atoms with Gasteiger partial charge in [-0.1, -0.05) is 18.2 Å². The number of aliphatic imine (C=N–C) groups is 1. The number of nitriles is 2. The Hall–Kier alpha value is -3.05. The Morgan fingerprint density at radius 3 is 2.78 bits per heavy atom. The van der Waals surface area contributed by atoms with Gasteiger partial charge < -0.3 is 10.7 Å². The largest absolute Gasteiger partial charge is 0.388 e. The third-order valence-electron chi connectivity index (χ3n) is 2.44. The first-order chi connectivity index (χ1) is 8.76. The highest BCUT2D eigenvalue weighted by molar-refractivity contribution is 5.99. The molecule has 0 atom stereocenters. The van der Waals surface area contributed by atoms with Gasteiger partial charge in [0.2, 0.25) is 0 Å². The van der Waals surface area contributed by atoms with Gasteiger partial charge in [0.05, 0.1) is 0 Å². The third kappa shape index (κ3) is 2.06. The van der Waals surface area contributed by atoms with Gasteiger partial charge in [-0.2, -0.15) is 10.5 Å². The van der Waals surface area contributed by atoms with E-state index in [1.165, 1.54) is 6.21 Å². The van der Waals surface area contributed by atoms with Crippen molar-refractivity contribution in [3.05, 3.63) is 47.4 Å². The smallest absolute Gasteiger partial charge is 0.174 e. The quantitative estimate of drug-likeness (QED) is 0.612. The van der Waals surface area contributed by atoms with Gasteiger partial charge in [0.15, 0.2) is 5.70 Å². The van der Waals surface area contributed by atoms with Gasteiger partial charge in [-0.25, -0.2) is 4.99 Å². The lowest BCUT2D eigenvalue weighted by Gasteiger charge is -1.91. The van der Waals surface area contributed by atoms with E-state index in [0.29, 0.717) is 0 Å². The van der Waals surface area contributed by atoms with E-state index in [1.807, 2.05) is 24.3 Å². The molecule has 0 spiro atoms. The summed E-state index contributed by atoms with van der Waals surface area (Å²) in [6.07, 6.45) is 3.30. The molecule has 0 aliphatic carbocycles. The number of rotatable bonds is 2. The van der Waals surface area contributed by atoms with Gasteiger partial charge in [0.1, 0.15) is 17.8 Å². The highest BCUT2D eigenvalue weighted by Crippen LogP contribution is 2.16. The maximum absolute atomic E-state index is 8.81. The molecule has 0 amide bonds. The Morgan fingerprint density at radius 2 is 2.06 bits per heavy atom. The van der Waals surface area contributed by atoms with E-state index in [4.69, 9.17) is 16.3 Å². The van der Waals surface area contributed by atoms with Crippen molar-refractivity contribution >= 4 is 17.1 Å². The Bertz CT molecular complexity index is 722. The van der Waals surface area contributed by atoms with Crippen LogP contribution in [0.5, 0.6) is 0 Å². The molecule has 0 fully saturated rings. The van der Waals surface area contributed by atoms with E-state index >= 15 is 0 Å². The van der Waals surface area contributed by atoms with Crippen LogP contribution in [0.1, 0.15) is 5.56 Å². The van der Waals surface area contributed by atoms with E-state index in [2.05, 4.69) is 9.98 Å². The zero-order valence-electron chi connectivity index (χ0n) is 9.38. The van der Waals surface area contributed by atoms with Crippen molar-refractivity contribution in [2.24, 2.45) is 10.7 Å². The van der Waals surface area contributed by atoms with Crippen LogP contribution in [0, 0.1) is 22.7 Å². The number of benzene rings is 1. The standard InChI is InChI=1S/C13H9N5/c14-5-11(16)13(6-15)18-8-9-7-17-12-4-2-1-3-10(9)12/h1-4,7-8,17H,16H2. The topological polar surface area (TPSA) is 102 Å². The molecular weight excluding hydrogens is 226 g/mol. The van der Waals surface area contributed by atoms with Crippen LogP contribution < -0.4 is 5.73 Å². The molecule has 0 bridgehead atoms. The molecule has 86 valence electrons. The molecule has 0 saturated carbocycles. The van der Waals surface area contributed by atoms with Gasteiger partial charge in [0.25, 0.3) is 0 Å². The lowest BCUT2D eigenvalue weighted by Crippen LogP contribution is -1.97. The fraction of sp³-hybridized carbons (Fsp3) is 0. The molecule has 5 nitrogen and oxygen atoms in total. The number of fused-ring (bicyclic) bond motifs is 1. The lowest BCUT2D eigenvalue weighted by atomic mass is 10.2. The van der Waals surface area contributed by atoms with Crippen molar-refractivity contribution in [1.82, 2.24) is 4.98 Å². The van der Waals surface area contributed by atoms with Crippen molar-refractivity contribution in [2.45, 2.75) is 0 Å². The second-order valence-electron chi connectivity index (χ2n) is 3.53. The molecule has 3 N–H and O–H groups in total. The zero-order chi connectivity index (χ0) is 13.0. The summed E-state index contributed by atoms with van der Waals surface area (Å²) in [5, 5.41) is 18.4. The monoisotopic (exact) mass is 235 g/mol. The molecular formula is C13H9N5. The first kappa shape index (κ1) is 11.4. The normalized spacial score (nSPS) is 12.1. The predicted octanol–water partition coefficient (Wildman–Crippen LogP) is 1.80. The molecule has 5 heteroatoms. The SMILES string of the molecule is N#CC(N)=C(C#N)N=Cc1c[nH]c2ccccc12. The predicted molar refractivity (Wildman–Crippen MR) is 68.3 cm³/mol. The number of nitrogens with two attached hydrogens (primary N) is 1. The van der Waals surface area contributed by atoms with E-state index in [0.717, 1.165) is 16.5 Å². The number of hydrogen-bond acceptors (Lipinski definition) is 4. The summed E-state index contributed by atoms with van der Waals surface area (Å²) in [6.45, 7) is 0. The number of hydrogen-bond donors (Lipinski definition) is 2. The van der Waals surface area contributed by atoms with Crippen LogP contribution in [-0.2, 0) is 0 Å². The third-order valence-corrected chi connectivity index (χ3v) is 2.44. The summed E-state index contributed by atoms with van der Waals surface area (Å²) >= 11 is 0. The fourth-order valence-corrected chi connectivity index (χ4v) is 1.55. The minimum Gasteiger partial charge on any atom is -0.388 e. The molecule has 1 heterocycles. The van der Waals surface area contributed by atoms with Crippen LogP contribution in [0.15, 0.2) is 46.8 Å². The Balaban J connectivity index is 2.42. The number of aromatic amines is 1. The molecule has 1 aromatic carbocycles. The Labute approximate surface area is 103 Å². The number of nitrogens with one attached hydrogen (secondary N) is 1. The summed E-state index contributed by atoms with van der Waals surface area (Å²) in [5.74, 6) is 0. The molecule has 2 aromatic rings. The van der Waals surface area contributed by atoms with Crippen molar-refractivity contribution in [3.8, 4) is 12.1 Å². The van der Waals surface area contributed by atoms with Crippen LogP contribution in [-0.4, -0.2) is 11.2 Å². The van der Waals surface area contributed by atoms with Gasteiger partial charge in [-0.15, -0.1) is 0 Å². The number of H-pyrrole nitrogens is 1. The average molecular weight is 235 g/mol. The first-order valence-electron chi connectivity index (χ1n) is 5.16. The van der Waals surface area contributed by atoms with E-state index in [-0.39, 0.29) is 11.4 Å². The molecule has 0 unspecified atom stereocenters. The number of para-hydroxylation sites is 1. The number of nitrogens with zero attached hydrogens (tertiary/aromatic N) is 3. The molecule has 1 aromatic heterocycles. The Morgan fingerprint density at radius 1 is 1.28 bits per heavy atom. The van der Waals surface area contributed by atoms with Crippen molar-refractivity contribution in [2.75, 3.05) is 0 Å². The highest BCUT2D eigenvalue weighted by Gasteiger charge is 2.02. The van der Waals surface area contributed by atoms with Crippen LogP contribution in [0.2, 0.25) is 0 Å². The summed E-state index contributed by atoms with van der Waals surface area (Å²) in [6, 6.07) is 11.2.